The van der Waals surface area contributed by atoms with E-state index in [1.807, 2.05) is 13.8 Å². The number of fused-ring (bicyclic) bond motifs is 1. The molecule has 0 saturated carbocycles. The van der Waals surface area contributed by atoms with Crippen LogP contribution in [-0.2, 0) is 19.6 Å². The molecule has 9 nitrogen and oxygen atoms in total. The molecule has 1 aromatic heterocycles. The van der Waals surface area contributed by atoms with E-state index in [4.69, 9.17) is 0 Å². The molecule has 1 aliphatic rings. The molecule has 0 unspecified atom stereocenters. The Labute approximate surface area is 174 Å². The number of piperidine rings is 1. The van der Waals surface area contributed by atoms with E-state index in [1.54, 1.807) is 19.1 Å². The number of aromatic nitrogens is 2. The molecule has 0 radical (unpaired) electrons. The summed E-state index contributed by atoms with van der Waals surface area (Å²) in [7, 11) is -3.81. The van der Waals surface area contributed by atoms with Crippen molar-refractivity contribution in [3.8, 4) is 0 Å². The fourth-order valence-electron chi connectivity index (χ4n) is 3.31. The van der Waals surface area contributed by atoms with Crippen LogP contribution in [0.25, 0.3) is 11.0 Å². The van der Waals surface area contributed by atoms with E-state index in [9.17, 15) is 18.0 Å². The molecule has 0 spiro atoms. The third-order valence-electron chi connectivity index (χ3n) is 4.80. The Morgan fingerprint density at radius 3 is 2.69 bits per heavy atom. The number of sulfonamides is 1. The lowest BCUT2D eigenvalue weighted by Gasteiger charge is -2.31. The van der Waals surface area contributed by atoms with Crippen LogP contribution in [0.15, 0.2) is 23.1 Å². The molecule has 2 atom stereocenters. The van der Waals surface area contributed by atoms with Crippen molar-refractivity contribution < 1.29 is 18.0 Å². The van der Waals surface area contributed by atoms with Gasteiger partial charge in [0.05, 0.1) is 17.6 Å². The van der Waals surface area contributed by atoms with Gasteiger partial charge in [-0.05, 0) is 45.7 Å². The summed E-state index contributed by atoms with van der Waals surface area (Å²) in [6, 6.07) is 4.15. The standard InChI is InChI=1S/C18H25N5O4S2/c1-11(2)19-17(24)12(3)20-18(25)13-6-5-9-23(10-13)29(26,27)15-8-4-7-14-16(15)22-28-21-14/h4,7-8,11-13H,5-6,9-10H2,1-3H3,(H,19,24)(H,20,25)/t12-,13+/m0/s1. The third kappa shape index (κ3) is 4.73. The molecule has 1 aliphatic heterocycles. The van der Waals surface area contributed by atoms with Crippen LogP contribution in [0.1, 0.15) is 33.6 Å². The van der Waals surface area contributed by atoms with Crippen LogP contribution in [0, 0.1) is 5.92 Å². The molecule has 2 aromatic rings. The van der Waals surface area contributed by atoms with Gasteiger partial charge in [0, 0.05) is 19.1 Å². The summed E-state index contributed by atoms with van der Waals surface area (Å²) in [6.45, 7) is 5.70. The minimum atomic E-state index is -3.81. The molecule has 0 aliphatic carbocycles. The van der Waals surface area contributed by atoms with Gasteiger partial charge in [0.25, 0.3) is 0 Å². The summed E-state index contributed by atoms with van der Waals surface area (Å²) < 4.78 is 35.9. The minimum Gasteiger partial charge on any atom is -0.352 e. The van der Waals surface area contributed by atoms with Crippen molar-refractivity contribution in [2.75, 3.05) is 13.1 Å². The van der Waals surface area contributed by atoms with Gasteiger partial charge in [-0.3, -0.25) is 9.59 Å². The highest BCUT2D eigenvalue weighted by atomic mass is 32.2. The smallest absolute Gasteiger partial charge is 0.245 e. The zero-order valence-corrected chi connectivity index (χ0v) is 18.2. The zero-order valence-electron chi connectivity index (χ0n) is 16.6. The van der Waals surface area contributed by atoms with E-state index in [2.05, 4.69) is 19.4 Å². The number of carbonyl (C=O) groups excluding carboxylic acids is 2. The van der Waals surface area contributed by atoms with E-state index in [0.29, 0.717) is 30.4 Å². The lowest BCUT2D eigenvalue weighted by Crippen LogP contribution is -2.51. The van der Waals surface area contributed by atoms with Crippen molar-refractivity contribution in [3.05, 3.63) is 18.2 Å². The van der Waals surface area contributed by atoms with Gasteiger partial charge in [-0.25, -0.2) is 8.42 Å². The first-order valence-corrected chi connectivity index (χ1v) is 11.7. The van der Waals surface area contributed by atoms with E-state index in [-0.39, 0.29) is 29.3 Å². The number of amides is 2. The fraction of sp³-hybridized carbons (Fsp3) is 0.556. The molecular weight excluding hydrogens is 414 g/mol. The number of nitrogens with one attached hydrogen (secondary N) is 2. The second-order valence-corrected chi connectivity index (χ2v) is 9.92. The second-order valence-electron chi connectivity index (χ2n) is 7.48. The molecule has 29 heavy (non-hydrogen) atoms. The van der Waals surface area contributed by atoms with E-state index < -0.39 is 22.0 Å². The van der Waals surface area contributed by atoms with Crippen LogP contribution in [0.4, 0.5) is 0 Å². The van der Waals surface area contributed by atoms with Gasteiger partial charge in [0.1, 0.15) is 22.0 Å². The van der Waals surface area contributed by atoms with E-state index >= 15 is 0 Å². The number of hydrogen-bond acceptors (Lipinski definition) is 7. The average molecular weight is 440 g/mol. The Hall–Kier alpha value is -2.11. The number of hydrogen-bond donors (Lipinski definition) is 2. The maximum Gasteiger partial charge on any atom is 0.245 e. The Bertz CT molecular complexity index is 1000. The van der Waals surface area contributed by atoms with Gasteiger partial charge in [-0.15, -0.1) is 0 Å². The molecule has 1 saturated heterocycles. The summed E-state index contributed by atoms with van der Waals surface area (Å²) in [5.74, 6) is -1.10. The van der Waals surface area contributed by atoms with Crippen molar-refractivity contribution in [3.63, 3.8) is 0 Å². The van der Waals surface area contributed by atoms with Gasteiger partial charge in [-0.1, -0.05) is 6.07 Å². The molecule has 158 valence electrons. The topological polar surface area (TPSA) is 121 Å². The molecule has 2 heterocycles. The molecular formula is C18H25N5O4S2. The Balaban J connectivity index is 1.72. The lowest BCUT2D eigenvalue weighted by molar-refractivity contribution is -0.131. The first-order chi connectivity index (χ1) is 13.7. The monoisotopic (exact) mass is 439 g/mol. The third-order valence-corrected chi connectivity index (χ3v) is 7.24. The summed E-state index contributed by atoms with van der Waals surface area (Å²) in [6.07, 6.45) is 1.13. The Morgan fingerprint density at radius 2 is 1.97 bits per heavy atom. The molecule has 2 amide bonds. The van der Waals surface area contributed by atoms with Gasteiger partial charge >= 0.3 is 0 Å². The Morgan fingerprint density at radius 1 is 1.21 bits per heavy atom. The maximum absolute atomic E-state index is 13.2. The van der Waals surface area contributed by atoms with Crippen molar-refractivity contribution in [2.24, 2.45) is 5.92 Å². The number of nitrogens with zero attached hydrogens (tertiary/aromatic N) is 3. The summed E-state index contributed by atoms with van der Waals surface area (Å²) in [4.78, 5) is 24.8. The zero-order chi connectivity index (χ0) is 21.2. The van der Waals surface area contributed by atoms with Crippen molar-refractivity contribution >= 4 is 44.6 Å². The molecule has 1 aromatic carbocycles. The summed E-state index contributed by atoms with van der Waals surface area (Å²) in [5.41, 5.74) is 0.885. The molecule has 3 rings (SSSR count). The predicted octanol–water partition coefficient (Wildman–Crippen LogP) is 1.12. The van der Waals surface area contributed by atoms with Gasteiger partial charge in [0.2, 0.25) is 21.8 Å². The van der Waals surface area contributed by atoms with Crippen LogP contribution in [0.2, 0.25) is 0 Å². The van der Waals surface area contributed by atoms with Crippen LogP contribution in [-0.4, -0.2) is 58.5 Å². The van der Waals surface area contributed by atoms with E-state index in [1.165, 1.54) is 10.4 Å². The Kier molecular flexibility index (Phi) is 6.49. The highest BCUT2D eigenvalue weighted by molar-refractivity contribution is 7.89. The SMILES string of the molecule is CC(C)NC(=O)[C@H](C)NC(=O)[C@@H]1CCCN(S(=O)(=O)c2cccc3nsnc23)C1. The van der Waals surface area contributed by atoms with Crippen LogP contribution < -0.4 is 10.6 Å². The predicted molar refractivity (Wildman–Crippen MR) is 110 cm³/mol. The number of benzene rings is 1. The normalized spacial score (nSPS) is 19.2. The maximum atomic E-state index is 13.2. The fourth-order valence-corrected chi connectivity index (χ4v) is 5.59. The quantitative estimate of drug-likeness (QED) is 0.696. The molecule has 11 heteroatoms. The van der Waals surface area contributed by atoms with Crippen molar-refractivity contribution in [1.82, 2.24) is 23.7 Å². The highest BCUT2D eigenvalue weighted by Crippen LogP contribution is 2.28. The van der Waals surface area contributed by atoms with Crippen LogP contribution in [0.5, 0.6) is 0 Å². The highest BCUT2D eigenvalue weighted by Gasteiger charge is 2.35. The second kappa shape index (κ2) is 8.72. The largest absolute Gasteiger partial charge is 0.352 e. The molecule has 1 fully saturated rings. The van der Waals surface area contributed by atoms with Crippen LogP contribution in [0.3, 0.4) is 0 Å². The van der Waals surface area contributed by atoms with Crippen molar-refractivity contribution in [1.29, 1.82) is 0 Å². The summed E-state index contributed by atoms with van der Waals surface area (Å²) in [5, 5.41) is 5.45. The minimum absolute atomic E-state index is 0.0277. The number of rotatable bonds is 6. The number of carbonyl (C=O) groups is 2. The summed E-state index contributed by atoms with van der Waals surface area (Å²) >= 11 is 0.964. The van der Waals surface area contributed by atoms with E-state index in [0.717, 1.165) is 11.7 Å². The lowest BCUT2D eigenvalue weighted by atomic mass is 9.98. The van der Waals surface area contributed by atoms with Crippen LogP contribution >= 0.6 is 11.7 Å². The average Bonchev–Trinajstić information content (AvgIpc) is 3.16. The van der Waals surface area contributed by atoms with Gasteiger partial charge < -0.3 is 10.6 Å². The van der Waals surface area contributed by atoms with Crippen molar-refractivity contribution in [2.45, 2.75) is 50.6 Å². The van der Waals surface area contributed by atoms with Gasteiger partial charge in [0.15, 0.2) is 0 Å². The van der Waals surface area contributed by atoms with Gasteiger partial charge in [-0.2, -0.15) is 13.1 Å². The molecule has 2 N–H and O–H groups in total. The first kappa shape index (κ1) is 21.6. The first-order valence-electron chi connectivity index (χ1n) is 9.52. The molecule has 0 bridgehead atoms.